The van der Waals surface area contributed by atoms with Crippen molar-refractivity contribution >= 4 is 39.8 Å². The molecule has 0 atom stereocenters. The predicted molar refractivity (Wildman–Crippen MR) is 211 cm³/mol. The molecule has 51 heavy (non-hydrogen) atoms. The molecule has 1 heterocycles. The number of carbonyl (C=O) groups is 2. The molecule has 0 radical (unpaired) electrons. The molecule has 0 saturated carbocycles. The normalized spacial score (nSPS) is 11.2. The molecular weight excluding hydrogens is 625 g/mol. The van der Waals surface area contributed by atoms with Gasteiger partial charge < -0.3 is 4.57 Å². The van der Waals surface area contributed by atoms with E-state index in [-0.39, 0.29) is 5.91 Å². The largest absolute Gasteiger partial charge is 0.308 e. The van der Waals surface area contributed by atoms with E-state index in [9.17, 15) is 9.59 Å². The lowest BCUT2D eigenvalue weighted by Gasteiger charge is -2.23. The molecule has 0 aliphatic heterocycles. The van der Waals surface area contributed by atoms with E-state index in [4.69, 9.17) is 0 Å². The van der Waals surface area contributed by atoms with Crippen LogP contribution in [0.15, 0.2) is 158 Å². The maximum atomic E-state index is 14.8. The number of aryl methyl sites for hydroxylation is 3. The Kier molecular flexibility index (Phi) is 8.13. The second kappa shape index (κ2) is 13.1. The molecular formula is C47H36N2O2. The fraction of sp³-hybridized carbons (Fsp3) is 0.0638. The van der Waals surface area contributed by atoms with E-state index in [2.05, 4.69) is 103 Å². The number of hydrogen-bond acceptors (Lipinski definition) is 2. The Morgan fingerprint density at radius 2 is 1.06 bits per heavy atom. The molecule has 0 fully saturated rings. The number of amides is 2. The number of nitrogens with zero attached hydrogens (tertiary/aromatic N) is 2. The third-order valence-corrected chi connectivity index (χ3v) is 9.75. The van der Waals surface area contributed by atoms with Crippen molar-refractivity contribution in [3.05, 3.63) is 180 Å². The molecule has 246 valence electrons. The molecule has 8 aromatic rings. The van der Waals surface area contributed by atoms with Gasteiger partial charge in [0.25, 0.3) is 5.91 Å². The molecule has 0 unspecified atom stereocenters. The van der Waals surface area contributed by atoms with Gasteiger partial charge in [0, 0.05) is 16.3 Å². The first-order valence-electron chi connectivity index (χ1n) is 17.2. The van der Waals surface area contributed by atoms with Crippen molar-refractivity contribution in [1.82, 2.24) is 4.57 Å². The SMILES string of the molecule is Cc1cccc(-c2ccc3c(c2)c2cc(-c4cccc(C)c4)ccc2n3-c2cccc(C)c2C(=O)N(C=O)c2ccccc2-c2ccccc2)c1. The summed E-state index contributed by atoms with van der Waals surface area (Å²) in [6, 6.07) is 53.5. The molecule has 0 aliphatic rings. The van der Waals surface area contributed by atoms with Crippen molar-refractivity contribution in [2.75, 3.05) is 4.90 Å². The van der Waals surface area contributed by atoms with Crippen molar-refractivity contribution < 1.29 is 9.59 Å². The Morgan fingerprint density at radius 3 is 1.65 bits per heavy atom. The zero-order chi connectivity index (χ0) is 35.1. The Bertz CT molecular complexity index is 2510. The van der Waals surface area contributed by atoms with Crippen molar-refractivity contribution in [3.63, 3.8) is 0 Å². The number of hydrogen-bond donors (Lipinski definition) is 0. The summed E-state index contributed by atoms with van der Waals surface area (Å²) in [5.41, 5.74) is 13.1. The highest BCUT2D eigenvalue weighted by Gasteiger charge is 2.27. The average Bonchev–Trinajstić information content (AvgIpc) is 3.48. The first-order valence-corrected chi connectivity index (χ1v) is 17.2. The number of carbonyl (C=O) groups excluding carboxylic acids is 2. The van der Waals surface area contributed by atoms with Crippen LogP contribution in [0.3, 0.4) is 0 Å². The lowest BCUT2D eigenvalue weighted by Crippen LogP contribution is -2.31. The molecule has 0 spiro atoms. The van der Waals surface area contributed by atoms with Crippen molar-refractivity contribution in [1.29, 1.82) is 0 Å². The van der Waals surface area contributed by atoms with E-state index in [0.717, 1.165) is 66.4 Å². The van der Waals surface area contributed by atoms with Crippen LogP contribution in [0.4, 0.5) is 5.69 Å². The van der Waals surface area contributed by atoms with Gasteiger partial charge in [-0.2, -0.15) is 0 Å². The van der Waals surface area contributed by atoms with Crippen LogP contribution in [0.5, 0.6) is 0 Å². The first kappa shape index (κ1) is 31.7. The van der Waals surface area contributed by atoms with Crippen molar-refractivity contribution in [3.8, 4) is 39.1 Å². The minimum absolute atomic E-state index is 0.385. The van der Waals surface area contributed by atoms with E-state index in [1.165, 1.54) is 16.0 Å². The lowest BCUT2D eigenvalue weighted by atomic mass is 9.99. The fourth-order valence-corrected chi connectivity index (χ4v) is 7.29. The zero-order valence-corrected chi connectivity index (χ0v) is 28.8. The summed E-state index contributed by atoms with van der Waals surface area (Å²) < 4.78 is 2.18. The van der Waals surface area contributed by atoms with Crippen molar-refractivity contribution in [2.24, 2.45) is 0 Å². The summed E-state index contributed by atoms with van der Waals surface area (Å²) in [7, 11) is 0. The van der Waals surface area contributed by atoms with Crippen LogP contribution in [0.25, 0.3) is 60.9 Å². The van der Waals surface area contributed by atoms with Crippen LogP contribution in [0.1, 0.15) is 27.0 Å². The van der Waals surface area contributed by atoms with Gasteiger partial charge in [0.15, 0.2) is 0 Å². The molecule has 4 nitrogen and oxygen atoms in total. The van der Waals surface area contributed by atoms with Crippen LogP contribution in [0.2, 0.25) is 0 Å². The molecule has 0 bridgehead atoms. The van der Waals surface area contributed by atoms with Gasteiger partial charge in [0.1, 0.15) is 0 Å². The van der Waals surface area contributed by atoms with E-state index in [1.54, 1.807) is 0 Å². The molecule has 0 N–H and O–H groups in total. The van der Waals surface area contributed by atoms with Gasteiger partial charge in [0.2, 0.25) is 6.41 Å². The number of imide groups is 1. The molecule has 2 amide bonds. The number of para-hydroxylation sites is 1. The fourth-order valence-electron chi connectivity index (χ4n) is 7.29. The van der Waals surface area contributed by atoms with E-state index < -0.39 is 0 Å². The molecule has 0 aliphatic carbocycles. The van der Waals surface area contributed by atoms with Gasteiger partial charge in [-0.15, -0.1) is 0 Å². The second-order valence-electron chi connectivity index (χ2n) is 13.2. The third-order valence-electron chi connectivity index (χ3n) is 9.75. The summed E-state index contributed by atoms with van der Waals surface area (Å²) in [4.78, 5) is 29.0. The van der Waals surface area contributed by atoms with E-state index in [1.807, 2.05) is 79.7 Å². The van der Waals surface area contributed by atoms with Crippen LogP contribution < -0.4 is 4.90 Å². The van der Waals surface area contributed by atoms with E-state index in [0.29, 0.717) is 17.7 Å². The number of anilines is 1. The van der Waals surface area contributed by atoms with Gasteiger partial charge in [0.05, 0.1) is 28.0 Å². The highest BCUT2D eigenvalue weighted by atomic mass is 16.2. The number of aromatic nitrogens is 1. The standard InChI is InChI=1S/C47H36N2O2/c1-31-12-9-17-35(26-31)37-22-24-43-40(28-37)41-29-38(36-18-10-13-32(2)27-36)23-25-44(41)49(43)45-21-11-14-33(3)46(45)47(51)48(30-50)42-20-8-7-19-39(42)34-15-5-4-6-16-34/h4-30H,1-3H3. The summed E-state index contributed by atoms with van der Waals surface area (Å²) in [5, 5.41) is 2.17. The summed E-state index contributed by atoms with van der Waals surface area (Å²) in [6.07, 6.45) is 0.633. The highest BCUT2D eigenvalue weighted by molar-refractivity contribution is 6.20. The lowest BCUT2D eigenvalue weighted by molar-refractivity contribution is -0.106. The molecule has 4 heteroatoms. The Morgan fingerprint density at radius 1 is 0.529 bits per heavy atom. The van der Waals surface area contributed by atoms with Crippen LogP contribution >= 0.6 is 0 Å². The highest BCUT2D eigenvalue weighted by Crippen LogP contribution is 2.39. The average molecular weight is 661 g/mol. The van der Waals surface area contributed by atoms with Crippen molar-refractivity contribution in [2.45, 2.75) is 20.8 Å². The number of rotatable bonds is 7. The van der Waals surface area contributed by atoms with Gasteiger partial charge in [-0.3, -0.25) is 9.59 Å². The third kappa shape index (κ3) is 5.71. The Labute approximate surface area is 297 Å². The molecule has 8 rings (SSSR count). The second-order valence-corrected chi connectivity index (χ2v) is 13.2. The molecule has 0 saturated heterocycles. The first-order chi connectivity index (χ1) is 24.9. The predicted octanol–water partition coefficient (Wildman–Crippen LogP) is 11.5. The quantitative estimate of drug-likeness (QED) is 0.160. The summed E-state index contributed by atoms with van der Waals surface area (Å²) >= 11 is 0. The summed E-state index contributed by atoms with van der Waals surface area (Å²) in [6.45, 7) is 6.15. The topological polar surface area (TPSA) is 42.3 Å². The number of benzene rings is 7. The van der Waals surface area contributed by atoms with E-state index >= 15 is 0 Å². The van der Waals surface area contributed by atoms with Crippen LogP contribution in [-0.4, -0.2) is 16.9 Å². The van der Waals surface area contributed by atoms with Gasteiger partial charge >= 0.3 is 0 Å². The minimum atomic E-state index is -0.385. The smallest absolute Gasteiger partial charge is 0.267 e. The minimum Gasteiger partial charge on any atom is -0.308 e. The van der Waals surface area contributed by atoms with Crippen LogP contribution in [-0.2, 0) is 4.79 Å². The molecule has 7 aromatic carbocycles. The molecule has 1 aromatic heterocycles. The van der Waals surface area contributed by atoms with Crippen LogP contribution in [0, 0.1) is 20.8 Å². The Balaban J connectivity index is 1.36. The van der Waals surface area contributed by atoms with Gasteiger partial charge in [-0.05, 0) is 90.6 Å². The summed E-state index contributed by atoms with van der Waals surface area (Å²) in [5.74, 6) is -0.385. The van der Waals surface area contributed by atoms with Gasteiger partial charge in [-0.1, -0.05) is 132 Å². The maximum Gasteiger partial charge on any atom is 0.267 e. The van der Waals surface area contributed by atoms with Gasteiger partial charge in [-0.25, -0.2) is 4.90 Å². The number of fused-ring (bicyclic) bond motifs is 3. The Hall–Kier alpha value is -6.52. The monoisotopic (exact) mass is 660 g/mol. The maximum absolute atomic E-state index is 14.8. The zero-order valence-electron chi connectivity index (χ0n) is 28.8.